The van der Waals surface area contributed by atoms with Crippen molar-refractivity contribution in [1.82, 2.24) is 15.0 Å². The van der Waals surface area contributed by atoms with Gasteiger partial charge < -0.3 is 5.73 Å². The molecule has 0 atom stereocenters. The molecule has 0 spiro atoms. The minimum absolute atomic E-state index is 0.334. The first kappa shape index (κ1) is 9.03. The highest BCUT2D eigenvalue weighted by Crippen LogP contribution is 2.18. The highest BCUT2D eigenvalue weighted by Gasteiger charge is 2.10. The van der Waals surface area contributed by atoms with Gasteiger partial charge in [-0.3, -0.25) is 4.68 Å². The summed E-state index contributed by atoms with van der Waals surface area (Å²) in [5.41, 5.74) is 5.76. The SMILES string of the molecule is CC(C)(C)CCn1cc(N)nn1. The Hall–Kier alpha value is -1.06. The van der Waals surface area contributed by atoms with Gasteiger partial charge in [0, 0.05) is 6.54 Å². The fraction of sp³-hybridized carbons (Fsp3) is 0.750. The summed E-state index contributed by atoms with van der Waals surface area (Å²) in [5.74, 6) is 0.490. The third kappa shape index (κ3) is 2.90. The first-order valence-corrected chi connectivity index (χ1v) is 4.13. The fourth-order valence-corrected chi connectivity index (χ4v) is 0.873. The molecule has 1 heterocycles. The number of aromatic nitrogens is 3. The monoisotopic (exact) mass is 168 g/mol. The highest BCUT2D eigenvalue weighted by atomic mass is 15.4. The quantitative estimate of drug-likeness (QED) is 0.724. The van der Waals surface area contributed by atoms with E-state index >= 15 is 0 Å². The Morgan fingerprint density at radius 3 is 2.58 bits per heavy atom. The number of nitrogens with zero attached hydrogens (tertiary/aromatic N) is 3. The molecular formula is C8H16N4. The summed E-state index contributed by atoms with van der Waals surface area (Å²) >= 11 is 0. The lowest BCUT2D eigenvalue weighted by Crippen LogP contribution is -2.10. The molecule has 0 radical (unpaired) electrons. The topological polar surface area (TPSA) is 56.7 Å². The molecule has 0 fully saturated rings. The van der Waals surface area contributed by atoms with Crippen LogP contribution in [0, 0.1) is 5.41 Å². The molecule has 68 valence electrons. The molecule has 4 nitrogen and oxygen atoms in total. The molecule has 4 heteroatoms. The Kier molecular flexibility index (Phi) is 2.35. The lowest BCUT2D eigenvalue weighted by Gasteiger charge is -2.16. The zero-order valence-corrected chi connectivity index (χ0v) is 7.91. The molecule has 1 aromatic rings. The summed E-state index contributed by atoms with van der Waals surface area (Å²) in [6.45, 7) is 7.49. The molecule has 0 aliphatic heterocycles. The van der Waals surface area contributed by atoms with Gasteiger partial charge in [-0.15, -0.1) is 5.10 Å². The predicted octanol–water partition coefficient (Wildman–Crippen LogP) is 1.30. The van der Waals surface area contributed by atoms with Crippen LogP contribution in [0.2, 0.25) is 0 Å². The predicted molar refractivity (Wildman–Crippen MR) is 48.5 cm³/mol. The van der Waals surface area contributed by atoms with Crippen LogP contribution >= 0.6 is 0 Å². The summed E-state index contributed by atoms with van der Waals surface area (Å²) in [5, 5.41) is 7.57. The largest absolute Gasteiger partial charge is 0.381 e. The van der Waals surface area contributed by atoms with Crippen molar-refractivity contribution in [2.75, 3.05) is 5.73 Å². The molecule has 0 unspecified atom stereocenters. The number of aryl methyl sites for hydroxylation is 1. The van der Waals surface area contributed by atoms with Crippen LogP contribution in [0.15, 0.2) is 6.20 Å². The van der Waals surface area contributed by atoms with E-state index in [0.29, 0.717) is 11.2 Å². The third-order valence-corrected chi connectivity index (χ3v) is 1.65. The second-order valence-electron chi connectivity index (χ2n) is 4.22. The highest BCUT2D eigenvalue weighted by molar-refractivity contribution is 5.19. The van der Waals surface area contributed by atoms with Crippen molar-refractivity contribution in [3.8, 4) is 0 Å². The van der Waals surface area contributed by atoms with Crippen molar-refractivity contribution in [2.24, 2.45) is 5.41 Å². The van der Waals surface area contributed by atoms with E-state index in [-0.39, 0.29) is 0 Å². The van der Waals surface area contributed by atoms with E-state index in [9.17, 15) is 0 Å². The van der Waals surface area contributed by atoms with Crippen molar-refractivity contribution in [3.05, 3.63) is 6.20 Å². The zero-order valence-electron chi connectivity index (χ0n) is 7.91. The Balaban J connectivity index is 2.44. The second-order valence-corrected chi connectivity index (χ2v) is 4.22. The van der Waals surface area contributed by atoms with Gasteiger partial charge in [0.2, 0.25) is 0 Å². The Labute approximate surface area is 72.8 Å². The molecule has 0 aromatic carbocycles. The van der Waals surface area contributed by atoms with E-state index in [1.807, 2.05) is 0 Å². The van der Waals surface area contributed by atoms with Gasteiger partial charge in [0.1, 0.15) is 0 Å². The standard InChI is InChI=1S/C8H16N4/c1-8(2,3)4-5-12-6-7(9)10-11-12/h6H,4-5,9H2,1-3H3. The van der Waals surface area contributed by atoms with E-state index < -0.39 is 0 Å². The maximum absolute atomic E-state index is 5.42. The molecular weight excluding hydrogens is 152 g/mol. The molecule has 1 aromatic heterocycles. The van der Waals surface area contributed by atoms with Crippen LogP contribution in [0.1, 0.15) is 27.2 Å². The van der Waals surface area contributed by atoms with E-state index in [4.69, 9.17) is 5.73 Å². The Morgan fingerprint density at radius 1 is 1.50 bits per heavy atom. The molecule has 0 aliphatic rings. The number of rotatable bonds is 2. The first-order chi connectivity index (χ1) is 5.47. The average Bonchev–Trinajstić information content (AvgIpc) is 2.30. The minimum atomic E-state index is 0.334. The Bertz CT molecular complexity index is 246. The van der Waals surface area contributed by atoms with Gasteiger partial charge in [-0.05, 0) is 11.8 Å². The fourth-order valence-electron chi connectivity index (χ4n) is 0.873. The van der Waals surface area contributed by atoms with E-state index in [1.165, 1.54) is 0 Å². The van der Waals surface area contributed by atoms with Crippen molar-refractivity contribution in [1.29, 1.82) is 0 Å². The van der Waals surface area contributed by atoms with Gasteiger partial charge in [0.25, 0.3) is 0 Å². The van der Waals surface area contributed by atoms with Gasteiger partial charge in [0.15, 0.2) is 5.82 Å². The molecule has 0 saturated carbocycles. The Morgan fingerprint density at radius 2 is 2.17 bits per heavy atom. The lowest BCUT2D eigenvalue weighted by molar-refractivity contribution is 0.339. The normalized spacial score (nSPS) is 11.9. The van der Waals surface area contributed by atoms with Gasteiger partial charge in [-0.25, -0.2) is 0 Å². The first-order valence-electron chi connectivity index (χ1n) is 4.13. The van der Waals surface area contributed by atoms with Gasteiger partial charge in [-0.2, -0.15) is 0 Å². The number of nitrogen functional groups attached to an aromatic ring is 1. The number of hydrogen-bond donors (Lipinski definition) is 1. The zero-order chi connectivity index (χ0) is 9.19. The van der Waals surface area contributed by atoms with Crippen molar-refractivity contribution < 1.29 is 0 Å². The van der Waals surface area contributed by atoms with Crippen LogP contribution in [0.5, 0.6) is 0 Å². The average molecular weight is 168 g/mol. The van der Waals surface area contributed by atoms with Crippen LogP contribution in [-0.4, -0.2) is 15.0 Å². The molecule has 0 bridgehead atoms. The van der Waals surface area contributed by atoms with Gasteiger partial charge >= 0.3 is 0 Å². The summed E-state index contributed by atoms with van der Waals surface area (Å²) in [4.78, 5) is 0. The van der Waals surface area contributed by atoms with Crippen LogP contribution in [-0.2, 0) is 6.54 Å². The molecule has 1 rings (SSSR count). The van der Waals surface area contributed by atoms with Crippen LogP contribution < -0.4 is 5.73 Å². The second kappa shape index (κ2) is 3.13. The van der Waals surface area contributed by atoms with E-state index in [1.54, 1.807) is 10.9 Å². The van der Waals surface area contributed by atoms with Crippen molar-refractivity contribution >= 4 is 5.82 Å². The summed E-state index contributed by atoms with van der Waals surface area (Å²) in [7, 11) is 0. The van der Waals surface area contributed by atoms with Crippen LogP contribution in [0.3, 0.4) is 0 Å². The summed E-state index contributed by atoms with van der Waals surface area (Å²) in [6, 6.07) is 0. The van der Waals surface area contributed by atoms with Crippen molar-refractivity contribution in [3.63, 3.8) is 0 Å². The summed E-state index contributed by atoms with van der Waals surface area (Å²) in [6.07, 6.45) is 2.83. The van der Waals surface area contributed by atoms with Crippen LogP contribution in [0.25, 0.3) is 0 Å². The summed E-state index contributed by atoms with van der Waals surface area (Å²) < 4.78 is 1.78. The van der Waals surface area contributed by atoms with Crippen LogP contribution in [0.4, 0.5) is 5.82 Å². The third-order valence-electron chi connectivity index (χ3n) is 1.65. The molecule has 0 aliphatic carbocycles. The number of hydrogen-bond acceptors (Lipinski definition) is 3. The maximum Gasteiger partial charge on any atom is 0.165 e. The number of anilines is 1. The van der Waals surface area contributed by atoms with E-state index in [2.05, 4.69) is 31.1 Å². The lowest BCUT2D eigenvalue weighted by atomic mass is 9.92. The van der Waals surface area contributed by atoms with Gasteiger partial charge in [-0.1, -0.05) is 26.0 Å². The smallest absolute Gasteiger partial charge is 0.165 e. The van der Waals surface area contributed by atoms with Gasteiger partial charge in [0.05, 0.1) is 6.20 Å². The number of nitrogens with two attached hydrogens (primary N) is 1. The maximum atomic E-state index is 5.42. The molecule has 0 amide bonds. The minimum Gasteiger partial charge on any atom is -0.381 e. The molecule has 0 saturated heterocycles. The molecule has 12 heavy (non-hydrogen) atoms. The van der Waals surface area contributed by atoms with Crippen molar-refractivity contribution in [2.45, 2.75) is 33.7 Å². The van der Waals surface area contributed by atoms with E-state index in [0.717, 1.165) is 13.0 Å². The molecule has 2 N–H and O–H groups in total.